The van der Waals surface area contributed by atoms with E-state index in [1.807, 2.05) is 12.2 Å². The molecule has 3 heteroatoms. The molecule has 0 amide bonds. The second-order valence-corrected chi connectivity index (χ2v) is 3.03. The molecule has 0 atom stereocenters. The van der Waals surface area contributed by atoms with Crippen LogP contribution < -0.4 is 0 Å². The third-order valence-corrected chi connectivity index (χ3v) is 1.86. The molecule has 0 bridgehead atoms. The Hall–Kier alpha value is -0.470. The lowest BCUT2D eigenvalue weighted by molar-refractivity contribution is 0.628. The van der Waals surface area contributed by atoms with Crippen molar-refractivity contribution in [2.75, 3.05) is 5.75 Å². The highest BCUT2D eigenvalue weighted by Gasteiger charge is 1.97. The average Bonchev–Trinajstić information content (AvgIpc) is 2.07. The normalized spacial score (nSPS) is 10.9. The summed E-state index contributed by atoms with van der Waals surface area (Å²) in [7, 11) is 0. The molecule has 0 radical (unpaired) electrons. The largest absolute Gasteiger partial charge is 0.205 e. The van der Waals surface area contributed by atoms with Crippen molar-refractivity contribution < 1.29 is 4.39 Å². The summed E-state index contributed by atoms with van der Waals surface area (Å²) < 4.78 is 12.6. The Labute approximate surface area is 81.5 Å². The monoisotopic (exact) mass is 202 g/mol. The summed E-state index contributed by atoms with van der Waals surface area (Å²) in [5.74, 6) is 0.273. The molecule has 0 aliphatic rings. The van der Waals surface area contributed by atoms with Gasteiger partial charge in [0.2, 0.25) is 0 Å². The average molecular weight is 203 g/mol. The van der Waals surface area contributed by atoms with E-state index in [1.54, 1.807) is 12.1 Å². The van der Waals surface area contributed by atoms with Crippen LogP contribution in [0.15, 0.2) is 24.3 Å². The fourth-order valence-corrected chi connectivity index (χ4v) is 1.10. The minimum atomic E-state index is -0.389. The second-order valence-electron chi connectivity index (χ2n) is 2.26. The van der Waals surface area contributed by atoms with Crippen molar-refractivity contribution in [3.05, 3.63) is 40.7 Å². The lowest BCUT2D eigenvalue weighted by atomic mass is 10.2. The maximum Gasteiger partial charge on any atom is 0.141 e. The lowest BCUT2D eigenvalue weighted by Crippen LogP contribution is -1.78. The fourth-order valence-electron chi connectivity index (χ4n) is 0.805. The first-order chi connectivity index (χ1) is 5.74. The Bertz CT molecular complexity index is 297. The molecule has 0 unspecified atom stereocenters. The van der Waals surface area contributed by atoms with Crippen LogP contribution in [0.4, 0.5) is 4.39 Å². The fraction of sp³-hybridized carbons (Fsp3) is 0.111. The van der Waals surface area contributed by atoms with Crippen molar-refractivity contribution in [3.63, 3.8) is 0 Å². The standard InChI is InChI=1S/C9H8ClFS/c10-8-6-7(2-1-5-12)3-4-9(8)11/h1-4,6,12H,5H2. The highest BCUT2D eigenvalue weighted by Crippen LogP contribution is 2.16. The van der Waals surface area contributed by atoms with E-state index in [1.165, 1.54) is 6.07 Å². The van der Waals surface area contributed by atoms with Crippen molar-refractivity contribution in [1.82, 2.24) is 0 Å². The van der Waals surface area contributed by atoms with Crippen LogP contribution in [0.3, 0.4) is 0 Å². The predicted molar refractivity (Wildman–Crippen MR) is 54.3 cm³/mol. The van der Waals surface area contributed by atoms with Crippen LogP contribution in [0.1, 0.15) is 5.56 Å². The second kappa shape index (κ2) is 4.53. The molecule has 1 aromatic carbocycles. The zero-order valence-electron chi connectivity index (χ0n) is 6.30. The number of benzene rings is 1. The van der Waals surface area contributed by atoms with E-state index in [0.717, 1.165) is 5.56 Å². The van der Waals surface area contributed by atoms with Crippen LogP contribution in [0.5, 0.6) is 0 Å². The van der Waals surface area contributed by atoms with E-state index < -0.39 is 0 Å². The van der Waals surface area contributed by atoms with Gasteiger partial charge < -0.3 is 0 Å². The molecule has 0 saturated carbocycles. The highest BCUT2D eigenvalue weighted by atomic mass is 35.5. The van der Waals surface area contributed by atoms with E-state index in [9.17, 15) is 4.39 Å². The van der Waals surface area contributed by atoms with Gasteiger partial charge >= 0.3 is 0 Å². The first-order valence-electron chi connectivity index (χ1n) is 3.46. The van der Waals surface area contributed by atoms with Gasteiger partial charge in [-0.2, -0.15) is 12.6 Å². The molecule has 0 fully saturated rings. The minimum Gasteiger partial charge on any atom is -0.205 e. The van der Waals surface area contributed by atoms with Crippen LogP contribution >= 0.6 is 24.2 Å². The zero-order chi connectivity index (χ0) is 8.97. The Morgan fingerprint density at radius 1 is 1.50 bits per heavy atom. The summed E-state index contributed by atoms with van der Waals surface area (Å²) in [5, 5.41) is 0.149. The molecule has 0 aliphatic heterocycles. The molecule has 1 aromatic rings. The van der Waals surface area contributed by atoms with Gasteiger partial charge in [-0.25, -0.2) is 4.39 Å². The Morgan fingerprint density at radius 2 is 2.25 bits per heavy atom. The quantitative estimate of drug-likeness (QED) is 0.699. The van der Waals surface area contributed by atoms with Gasteiger partial charge in [0, 0.05) is 5.75 Å². The summed E-state index contributed by atoms with van der Waals surface area (Å²) in [6, 6.07) is 4.60. The van der Waals surface area contributed by atoms with E-state index in [-0.39, 0.29) is 10.8 Å². The van der Waals surface area contributed by atoms with Gasteiger partial charge in [0.1, 0.15) is 5.82 Å². The van der Waals surface area contributed by atoms with Gasteiger partial charge in [0.25, 0.3) is 0 Å². The third-order valence-electron chi connectivity index (χ3n) is 1.36. The SMILES string of the molecule is Fc1ccc(C=CCS)cc1Cl. The van der Waals surface area contributed by atoms with E-state index in [2.05, 4.69) is 12.6 Å². The molecule has 12 heavy (non-hydrogen) atoms. The van der Waals surface area contributed by atoms with Crippen LogP contribution in [0.2, 0.25) is 5.02 Å². The maximum absolute atomic E-state index is 12.6. The first kappa shape index (κ1) is 9.62. The van der Waals surface area contributed by atoms with Gasteiger partial charge in [-0.05, 0) is 17.7 Å². The van der Waals surface area contributed by atoms with Crippen molar-refractivity contribution in [1.29, 1.82) is 0 Å². The highest BCUT2D eigenvalue weighted by molar-refractivity contribution is 7.80. The van der Waals surface area contributed by atoms with Crippen molar-refractivity contribution in [2.24, 2.45) is 0 Å². The molecule has 0 heterocycles. The maximum atomic E-state index is 12.6. The Kier molecular flexibility index (Phi) is 3.63. The van der Waals surface area contributed by atoms with E-state index in [0.29, 0.717) is 5.75 Å². The van der Waals surface area contributed by atoms with Gasteiger partial charge in [-0.3, -0.25) is 0 Å². The molecule has 0 N–H and O–H groups in total. The van der Waals surface area contributed by atoms with Crippen molar-refractivity contribution >= 4 is 30.3 Å². The van der Waals surface area contributed by atoms with Gasteiger partial charge in [-0.1, -0.05) is 29.8 Å². The molecule has 0 aliphatic carbocycles. The third kappa shape index (κ3) is 2.54. The molecule has 0 spiro atoms. The number of halogens is 2. The summed E-state index contributed by atoms with van der Waals surface area (Å²) in [6.45, 7) is 0. The number of rotatable bonds is 2. The number of thiol groups is 1. The zero-order valence-corrected chi connectivity index (χ0v) is 7.95. The smallest absolute Gasteiger partial charge is 0.141 e. The number of hydrogen-bond acceptors (Lipinski definition) is 1. The molecule has 0 aromatic heterocycles. The Balaban J connectivity index is 2.89. The van der Waals surface area contributed by atoms with Gasteiger partial charge in [-0.15, -0.1) is 0 Å². The first-order valence-corrected chi connectivity index (χ1v) is 4.47. The predicted octanol–water partition coefficient (Wildman–Crippen LogP) is 3.42. The number of hydrogen-bond donors (Lipinski definition) is 1. The Morgan fingerprint density at radius 3 is 2.83 bits per heavy atom. The van der Waals surface area contributed by atoms with Crippen LogP contribution in [0.25, 0.3) is 6.08 Å². The van der Waals surface area contributed by atoms with Crippen LogP contribution in [-0.2, 0) is 0 Å². The van der Waals surface area contributed by atoms with E-state index >= 15 is 0 Å². The van der Waals surface area contributed by atoms with Gasteiger partial charge in [0.15, 0.2) is 0 Å². The molecule has 64 valence electrons. The molecule has 0 saturated heterocycles. The van der Waals surface area contributed by atoms with Crippen LogP contribution in [-0.4, -0.2) is 5.75 Å². The summed E-state index contributed by atoms with van der Waals surface area (Å²) in [6.07, 6.45) is 3.71. The van der Waals surface area contributed by atoms with Crippen molar-refractivity contribution in [3.8, 4) is 0 Å². The summed E-state index contributed by atoms with van der Waals surface area (Å²) in [4.78, 5) is 0. The summed E-state index contributed by atoms with van der Waals surface area (Å²) >= 11 is 9.57. The topological polar surface area (TPSA) is 0 Å². The molecular weight excluding hydrogens is 195 g/mol. The van der Waals surface area contributed by atoms with E-state index in [4.69, 9.17) is 11.6 Å². The molecule has 0 nitrogen and oxygen atoms in total. The van der Waals surface area contributed by atoms with Gasteiger partial charge in [0.05, 0.1) is 5.02 Å². The minimum absolute atomic E-state index is 0.149. The molecule has 1 rings (SSSR count). The summed E-state index contributed by atoms with van der Waals surface area (Å²) in [5.41, 5.74) is 0.885. The van der Waals surface area contributed by atoms with Crippen molar-refractivity contribution in [2.45, 2.75) is 0 Å². The van der Waals surface area contributed by atoms with Crippen LogP contribution in [0, 0.1) is 5.82 Å². The molecular formula is C9H8ClFS. The lowest BCUT2D eigenvalue weighted by Gasteiger charge is -1.95.